The summed E-state index contributed by atoms with van der Waals surface area (Å²) in [6.07, 6.45) is 0. The van der Waals surface area contributed by atoms with Gasteiger partial charge in [-0.25, -0.2) is 0 Å². The van der Waals surface area contributed by atoms with E-state index < -0.39 is 5.91 Å². The van der Waals surface area contributed by atoms with Crippen molar-refractivity contribution in [3.63, 3.8) is 0 Å². The Hall–Kier alpha value is -1.83. The molecule has 0 aliphatic rings. The van der Waals surface area contributed by atoms with Gasteiger partial charge in [-0.05, 0) is 29.0 Å². The molecule has 0 spiro atoms. The second-order valence-electron chi connectivity index (χ2n) is 2.84. The van der Waals surface area contributed by atoms with Crippen molar-refractivity contribution in [3.05, 3.63) is 48.0 Å². The molecule has 1 amide bonds. The van der Waals surface area contributed by atoms with Gasteiger partial charge in [0.15, 0.2) is 0 Å². The zero-order valence-electron chi connectivity index (χ0n) is 6.95. The lowest BCUT2D eigenvalue weighted by Crippen LogP contribution is -2.10. The van der Waals surface area contributed by atoms with Crippen LogP contribution in [0.25, 0.3) is 10.8 Å². The Bertz CT molecular complexity index is 462. The Morgan fingerprint density at radius 3 is 2.85 bits per heavy atom. The van der Waals surface area contributed by atoms with Gasteiger partial charge < -0.3 is 5.73 Å². The Morgan fingerprint density at radius 1 is 1.31 bits per heavy atom. The van der Waals surface area contributed by atoms with Crippen LogP contribution in [0.3, 0.4) is 0 Å². The summed E-state index contributed by atoms with van der Waals surface area (Å²) in [7, 11) is 0. The van der Waals surface area contributed by atoms with Crippen molar-refractivity contribution in [1.82, 2.24) is 0 Å². The Labute approximate surface area is 76.0 Å². The summed E-state index contributed by atoms with van der Waals surface area (Å²) in [5, 5.41) is 1.98. The molecule has 0 saturated carbocycles. The smallest absolute Gasteiger partial charge is 0.248 e. The van der Waals surface area contributed by atoms with Gasteiger partial charge in [-0.3, -0.25) is 4.79 Å². The fourth-order valence-corrected chi connectivity index (χ4v) is 1.26. The minimum absolute atomic E-state index is 0.415. The number of primary amides is 1. The molecule has 0 aliphatic heterocycles. The maximum atomic E-state index is 10.8. The molecule has 2 aromatic rings. The number of nitrogens with two attached hydrogens (primary N) is 1. The minimum Gasteiger partial charge on any atom is -0.366 e. The van der Waals surface area contributed by atoms with Gasteiger partial charge in [-0.1, -0.05) is 24.3 Å². The summed E-state index contributed by atoms with van der Waals surface area (Å²) in [5.41, 5.74) is 5.64. The third-order valence-corrected chi connectivity index (χ3v) is 1.94. The summed E-state index contributed by atoms with van der Waals surface area (Å²) in [4.78, 5) is 10.8. The van der Waals surface area contributed by atoms with E-state index >= 15 is 0 Å². The zero-order valence-corrected chi connectivity index (χ0v) is 6.95. The molecule has 2 rings (SSSR count). The molecule has 0 heterocycles. The van der Waals surface area contributed by atoms with Gasteiger partial charge in [0, 0.05) is 5.56 Å². The molecule has 2 heteroatoms. The first-order valence-corrected chi connectivity index (χ1v) is 3.97. The summed E-state index contributed by atoms with van der Waals surface area (Å²) >= 11 is 0. The van der Waals surface area contributed by atoms with Crippen LogP contribution in [0.15, 0.2) is 36.4 Å². The highest BCUT2D eigenvalue weighted by Gasteiger charge is 2.00. The molecule has 0 aliphatic carbocycles. The van der Waals surface area contributed by atoms with Crippen molar-refractivity contribution in [3.8, 4) is 0 Å². The molecule has 13 heavy (non-hydrogen) atoms. The average molecular weight is 170 g/mol. The van der Waals surface area contributed by atoms with Crippen molar-refractivity contribution in [2.45, 2.75) is 0 Å². The Kier molecular flexibility index (Phi) is 1.74. The van der Waals surface area contributed by atoms with Crippen LogP contribution in [0.5, 0.6) is 0 Å². The van der Waals surface area contributed by atoms with Crippen molar-refractivity contribution in [1.29, 1.82) is 0 Å². The largest absolute Gasteiger partial charge is 0.366 e. The number of carbonyl (C=O) groups is 1. The van der Waals surface area contributed by atoms with Gasteiger partial charge in [-0.2, -0.15) is 0 Å². The van der Waals surface area contributed by atoms with Crippen LogP contribution in [0, 0.1) is 6.07 Å². The number of fused-ring (bicyclic) bond motifs is 1. The third-order valence-electron chi connectivity index (χ3n) is 1.94. The molecule has 0 bridgehead atoms. The number of rotatable bonds is 1. The van der Waals surface area contributed by atoms with E-state index in [4.69, 9.17) is 5.73 Å². The first-order chi connectivity index (χ1) is 6.27. The molecule has 2 aromatic carbocycles. The fraction of sp³-hybridized carbons (Fsp3) is 0. The number of amides is 1. The SMILES string of the molecule is NC(=O)c1c[c]c2ccccc2c1. The topological polar surface area (TPSA) is 43.1 Å². The minimum atomic E-state index is -0.415. The first-order valence-electron chi connectivity index (χ1n) is 3.97. The fourth-order valence-electron chi connectivity index (χ4n) is 1.26. The molecular weight excluding hydrogens is 162 g/mol. The highest BCUT2D eigenvalue weighted by molar-refractivity contribution is 5.97. The Balaban J connectivity index is 2.69. The standard InChI is InChI=1S/C11H8NO/c12-11(13)10-6-5-8-3-1-2-4-9(8)7-10/h1-4,6-7H,(H2,12,13). The van der Waals surface area contributed by atoms with E-state index in [2.05, 4.69) is 6.07 Å². The second-order valence-corrected chi connectivity index (χ2v) is 2.84. The molecule has 0 fully saturated rings. The monoisotopic (exact) mass is 170 g/mol. The molecule has 1 radical (unpaired) electrons. The quantitative estimate of drug-likeness (QED) is 0.696. The highest BCUT2D eigenvalue weighted by Crippen LogP contribution is 2.14. The number of carbonyl (C=O) groups excluding carboxylic acids is 1. The van der Waals surface area contributed by atoms with E-state index in [-0.39, 0.29) is 0 Å². The molecule has 63 valence electrons. The molecule has 2 N–H and O–H groups in total. The van der Waals surface area contributed by atoms with Crippen LogP contribution in [-0.4, -0.2) is 5.91 Å². The first kappa shape index (κ1) is 7.80. The Morgan fingerprint density at radius 2 is 2.08 bits per heavy atom. The van der Waals surface area contributed by atoms with Crippen molar-refractivity contribution < 1.29 is 4.79 Å². The summed E-state index contributed by atoms with van der Waals surface area (Å²) in [5.74, 6) is -0.415. The van der Waals surface area contributed by atoms with Gasteiger partial charge in [0.2, 0.25) is 5.91 Å². The van der Waals surface area contributed by atoms with E-state index in [0.29, 0.717) is 5.56 Å². The molecule has 0 unspecified atom stereocenters. The second kappa shape index (κ2) is 2.90. The van der Waals surface area contributed by atoms with Crippen LogP contribution in [0.2, 0.25) is 0 Å². The number of hydrogen-bond donors (Lipinski definition) is 1. The third kappa shape index (κ3) is 1.38. The van der Waals surface area contributed by atoms with Crippen molar-refractivity contribution in [2.75, 3.05) is 0 Å². The maximum absolute atomic E-state index is 10.8. The van der Waals surface area contributed by atoms with E-state index in [1.807, 2.05) is 24.3 Å². The van der Waals surface area contributed by atoms with Gasteiger partial charge in [-0.15, -0.1) is 0 Å². The lowest BCUT2D eigenvalue weighted by Gasteiger charge is -1.98. The number of hydrogen-bond acceptors (Lipinski definition) is 1. The van der Waals surface area contributed by atoms with Crippen molar-refractivity contribution >= 4 is 16.7 Å². The zero-order chi connectivity index (χ0) is 9.26. The number of benzene rings is 2. The maximum Gasteiger partial charge on any atom is 0.248 e. The van der Waals surface area contributed by atoms with E-state index in [1.165, 1.54) is 0 Å². The summed E-state index contributed by atoms with van der Waals surface area (Å²) in [6.45, 7) is 0. The highest BCUT2D eigenvalue weighted by atomic mass is 16.1. The van der Waals surface area contributed by atoms with Gasteiger partial charge >= 0.3 is 0 Å². The van der Waals surface area contributed by atoms with Gasteiger partial charge in [0.1, 0.15) is 0 Å². The van der Waals surface area contributed by atoms with Crippen molar-refractivity contribution in [2.24, 2.45) is 5.73 Å². The van der Waals surface area contributed by atoms with Crippen LogP contribution >= 0.6 is 0 Å². The van der Waals surface area contributed by atoms with Gasteiger partial charge in [0.25, 0.3) is 0 Å². The summed E-state index contributed by atoms with van der Waals surface area (Å²) < 4.78 is 0. The molecule has 2 nitrogen and oxygen atoms in total. The van der Waals surface area contributed by atoms with E-state index in [1.54, 1.807) is 12.1 Å². The summed E-state index contributed by atoms with van der Waals surface area (Å²) in [6, 6.07) is 14.1. The molecular formula is C11H8NO. The predicted octanol–water partition coefficient (Wildman–Crippen LogP) is 1.74. The lowest BCUT2D eigenvalue weighted by molar-refractivity contribution is 0.100. The normalized spacial score (nSPS) is 10.2. The predicted molar refractivity (Wildman–Crippen MR) is 51.3 cm³/mol. The van der Waals surface area contributed by atoms with Crippen LogP contribution in [0.1, 0.15) is 10.4 Å². The average Bonchev–Trinajstić information content (AvgIpc) is 2.17. The van der Waals surface area contributed by atoms with Crippen LogP contribution in [-0.2, 0) is 0 Å². The van der Waals surface area contributed by atoms with Gasteiger partial charge in [0.05, 0.1) is 0 Å². The molecule has 0 atom stereocenters. The van der Waals surface area contributed by atoms with E-state index in [0.717, 1.165) is 10.8 Å². The lowest BCUT2D eigenvalue weighted by atomic mass is 10.1. The molecule has 0 aromatic heterocycles. The van der Waals surface area contributed by atoms with Crippen LogP contribution < -0.4 is 5.73 Å². The molecule has 0 saturated heterocycles. The van der Waals surface area contributed by atoms with E-state index in [9.17, 15) is 4.79 Å². The van der Waals surface area contributed by atoms with Crippen LogP contribution in [0.4, 0.5) is 0 Å².